The first-order chi connectivity index (χ1) is 8.29. The van der Waals surface area contributed by atoms with Crippen LogP contribution in [0.4, 0.5) is 5.69 Å². The molecule has 0 aliphatic heterocycles. The summed E-state index contributed by atoms with van der Waals surface area (Å²) in [4.78, 5) is 15.3. The topological polar surface area (TPSA) is 45.2 Å². The molecule has 0 amide bonds. The van der Waals surface area contributed by atoms with Crippen LogP contribution in [0.15, 0.2) is 47.3 Å². The Kier molecular flexibility index (Phi) is 3.28. The molecule has 3 nitrogen and oxygen atoms in total. The van der Waals surface area contributed by atoms with Crippen LogP contribution in [0, 0.1) is 5.39 Å². The molecule has 0 spiro atoms. The highest BCUT2D eigenvalue weighted by Crippen LogP contribution is 2.27. The van der Waals surface area contributed by atoms with Crippen molar-refractivity contribution in [2.24, 2.45) is 0 Å². The number of nitrogens with zero attached hydrogens (tertiary/aromatic N) is 2. The first-order valence-corrected chi connectivity index (χ1v) is 5.92. The molecule has 3 aromatic rings. The van der Waals surface area contributed by atoms with Crippen LogP contribution >= 0.6 is 11.3 Å². The van der Waals surface area contributed by atoms with Crippen LogP contribution in [-0.4, -0.2) is 0 Å². The summed E-state index contributed by atoms with van der Waals surface area (Å²) in [5.74, 6) is 0. The highest BCUT2D eigenvalue weighted by Gasteiger charge is 2.10. The summed E-state index contributed by atoms with van der Waals surface area (Å²) in [7, 11) is 0. The third-order valence-electron chi connectivity index (χ3n) is 2.67. The molecule has 0 unspecified atom stereocenters. The van der Waals surface area contributed by atoms with Crippen molar-refractivity contribution in [2.45, 2.75) is 0 Å². The van der Waals surface area contributed by atoms with Crippen molar-refractivity contribution in [3.8, 4) is 0 Å². The van der Waals surface area contributed by atoms with E-state index < -0.39 is 0 Å². The average molecular weight is 275 g/mol. The van der Waals surface area contributed by atoms with Gasteiger partial charge in [-0.1, -0.05) is 12.1 Å². The maximum absolute atomic E-state index is 12.2. The summed E-state index contributed by atoms with van der Waals surface area (Å²) >= 11 is 1.56. The molecule has 3 rings (SSSR count). The Hall–Kier alpha value is -1.96. The zero-order valence-electron chi connectivity index (χ0n) is 9.13. The zero-order valence-corrected chi connectivity index (χ0v) is 10.7. The molecular weight excluding hydrogens is 268 g/mol. The maximum atomic E-state index is 12.2. The summed E-state index contributed by atoms with van der Waals surface area (Å²) in [5, 5.41) is 10.0. The van der Waals surface area contributed by atoms with Crippen LogP contribution in [0.25, 0.3) is 25.1 Å². The van der Waals surface area contributed by atoms with Crippen molar-refractivity contribution in [1.29, 1.82) is 5.39 Å². The van der Waals surface area contributed by atoms with Gasteiger partial charge < -0.3 is 12.4 Å². The third kappa shape index (κ3) is 1.84. The van der Waals surface area contributed by atoms with E-state index in [1.54, 1.807) is 23.5 Å². The largest absolute Gasteiger partial charge is 1.00 e. The smallest absolute Gasteiger partial charge is 0.385 e. The van der Waals surface area contributed by atoms with E-state index in [0.717, 1.165) is 9.40 Å². The molecule has 0 aliphatic rings. The fraction of sp³-hybridized carbons (Fsp3) is 0. The van der Waals surface area contributed by atoms with E-state index in [-0.39, 0.29) is 17.8 Å². The van der Waals surface area contributed by atoms with Crippen molar-refractivity contribution in [1.82, 2.24) is 0 Å². The van der Waals surface area contributed by atoms with Gasteiger partial charge in [-0.25, -0.2) is 0 Å². The summed E-state index contributed by atoms with van der Waals surface area (Å²) < 4.78 is 1.87. The molecule has 5 heteroatoms. The van der Waals surface area contributed by atoms with Gasteiger partial charge in [-0.3, -0.25) is 4.79 Å². The molecule has 0 aliphatic carbocycles. The van der Waals surface area contributed by atoms with Crippen LogP contribution in [-0.2, 0) is 0 Å². The van der Waals surface area contributed by atoms with Gasteiger partial charge in [0.1, 0.15) is 0 Å². The quantitative estimate of drug-likeness (QED) is 0.452. The Morgan fingerprint density at radius 2 is 1.72 bits per heavy atom. The van der Waals surface area contributed by atoms with Gasteiger partial charge in [0, 0.05) is 32.3 Å². The molecule has 0 atom stereocenters. The summed E-state index contributed by atoms with van der Waals surface area (Å²) in [5.41, 5.74) is 0.386. The van der Waals surface area contributed by atoms with Crippen LogP contribution in [0.2, 0.25) is 0 Å². The molecule has 2 aromatic carbocycles. The minimum Gasteiger partial charge on any atom is -1.00 e. The normalized spacial score (nSPS) is 9.94. The molecule has 18 heavy (non-hydrogen) atoms. The monoisotopic (exact) mass is 274 g/mol. The number of rotatable bonds is 0. The van der Waals surface area contributed by atoms with E-state index in [9.17, 15) is 4.79 Å². The van der Waals surface area contributed by atoms with Gasteiger partial charge in [0.05, 0.1) is 0 Å². The first kappa shape index (κ1) is 12.5. The van der Waals surface area contributed by atoms with Crippen molar-refractivity contribution in [3.63, 3.8) is 0 Å². The lowest BCUT2D eigenvalue weighted by molar-refractivity contribution is -0.00000342. The van der Waals surface area contributed by atoms with E-state index >= 15 is 0 Å². The van der Waals surface area contributed by atoms with Crippen molar-refractivity contribution >= 4 is 37.2 Å². The maximum Gasteiger partial charge on any atom is 0.385 e. The second-order valence-corrected chi connectivity index (χ2v) is 4.79. The summed E-state index contributed by atoms with van der Waals surface area (Å²) in [6.45, 7) is 0. The SMILES string of the molecule is N#[N+]c1ccc2sc3ccccc3c(=O)c2c1.[Cl-]. The predicted molar refractivity (Wildman–Crippen MR) is 70.3 cm³/mol. The molecule has 0 fully saturated rings. The van der Waals surface area contributed by atoms with Crippen LogP contribution in [0.5, 0.6) is 0 Å². The number of benzene rings is 2. The number of halogens is 1. The number of diazo groups is 1. The summed E-state index contributed by atoms with van der Waals surface area (Å²) in [6, 6.07) is 12.6. The average Bonchev–Trinajstić information content (AvgIpc) is 2.39. The molecule has 88 valence electrons. The van der Waals surface area contributed by atoms with Crippen LogP contribution < -0.4 is 17.8 Å². The van der Waals surface area contributed by atoms with E-state index in [1.807, 2.05) is 30.3 Å². The molecule has 1 heterocycles. The lowest BCUT2D eigenvalue weighted by atomic mass is 10.2. The Labute approximate surface area is 113 Å². The Bertz CT molecular complexity index is 836. The molecule has 0 N–H and O–H groups in total. The van der Waals surface area contributed by atoms with Crippen molar-refractivity contribution in [3.05, 3.63) is 57.7 Å². The van der Waals surface area contributed by atoms with Crippen LogP contribution in [0.3, 0.4) is 0 Å². The standard InChI is InChI=1S/C13H7N2OS.ClH/c14-15-8-5-6-12-10(7-8)13(16)9-3-1-2-4-11(9)17-12;/h1-7H;1H/q+1;/p-1. The van der Waals surface area contributed by atoms with Gasteiger partial charge in [0.15, 0.2) is 10.4 Å². The fourth-order valence-electron chi connectivity index (χ4n) is 1.85. The first-order valence-electron chi connectivity index (χ1n) is 5.10. The van der Waals surface area contributed by atoms with Gasteiger partial charge in [-0.05, 0) is 18.2 Å². The molecule has 0 saturated heterocycles. The lowest BCUT2D eigenvalue weighted by Gasteiger charge is -1.98. The molecule has 0 radical (unpaired) electrons. The Morgan fingerprint density at radius 3 is 2.50 bits per heavy atom. The molecule has 0 bridgehead atoms. The number of hydrogen-bond donors (Lipinski definition) is 0. The predicted octanol–water partition coefficient (Wildman–Crippen LogP) is 0.903. The Balaban J connectivity index is 0.00000120. The van der Waals surface area contributed by atoms with Gasteiger partial charge in [-0.2, -0.15) is 0 Å². The van der Waals surface area contributed by atoms with Gasteiger partial charge in [-0.15, -0.1) is 11.3 Å². The zero-order chi connectivity index (χ0) is 11.8. The fourth-order valence-corrected chi connectivity index (χ4v) is 2.91. The van der Waals surface area contributed by atoms with E-state index in [4.69, 9.17) is 5.39 Å². The number of hydrogen-bond acceptors (Lipinski definition) is 3. The van der Waals surface area contributed by atoms with E-state index in [0.29, 0.717) is 16.5 Å². The second-order valence-electron chi connectivity index (χ2n) is 3.71. The highest BCUT2D eigenvalue weighted by atomic mass is 35.5. The van der Waals surface area contributed by atoms with Gasteiger partial charge >= 0.3 is 5.69 Å². The van der Waals surface area contributed by atoms with Crippen molar-refractivity contribution in [2.75, 3.05) is 0 Å². The molecular formula is C13H7ClN2OS. The van der Waals surface area contributed by atoms with Gasteiger partial charge in [0.25, 0.3) is 0 Å². The minimum absolute atomic E-state index is 0. The third-order valence-corrected chi connectivity index (χ3v) is 3.83. The van der Waals surface area contributed by atoms with E-state index in [2.05, 4.69) is 4.98 Å². The number of fused-ring (bicyclic) bond motifs is 2. The second kappa shape index (κ2) is 4.73. The van der Waals surface area contributed by atoms with E-state index in [1.165, 1.54) is 0 Å². The molecule has 1 aromatic heterocycles. The molecule has 0 saturated carbocycles. The van der Waals surface area contributed by atoms with Crippen LogP contribution in [0.1, 0.15) is 0 Å². The summed E-state index contributed by atoms with van der Waals surface area (Å²) in [6.07, 6.45) is 0. The Morgan fingerprint density at radius 1 is 1.00 bits per heavy atom. The lowest BCUT2D eigenvalue weighted by Crippen LogP contribution is -3.00. The minimum atomic E-state index is -0.0140. The highest BCUT2D eigenvalue weighted by molar-refractivity contribution is 7.24. The van der Waals surface area contributed by atoms with Crippen molar-refractivity contribution < 1.29 is 12.4 Å². The van der Waals surface area contributed by atoms with Gasteiger partial charge in [0.2, 0.25) is 5.39 Å².